The van der Waals surface area contributed by atoms with Crippen LogP contribution in [-0.2, 0) is 9.59 Å². The number of benzene rings is 2. The third-order valence-electron chi connectivity index (χ3n) is 8.05. The molecule has 2 aromatic carbocycles. The second-order valence-electron chi connectivity index (χ2n) is 10.7. The molecule has 37 heavy (non-hydrogen) atoms. The Morgan fingerprint density at radius 3 is 2.27 bits per heavy atom. The van der Waals surface area contributed by atoms with Crippen LogP contribution in [0.5, 0.6) is 11.5 Å². The molecule has 4 saturated carbocycles. The van der Waals surface area contributed by atoms with E-state index in [0.717, 1.165) is 30.6 Å². The topological polar surface area (TPSA) is 67.9 Å². The molecule has 1 saturated heterocycles. The molecule has 8 heteroatoms. The minimum atomic E-state index is -0.336. The Balaban J connectivity index is 1.07. The van der Waals surface area contributed by atoms with E-state index in [1.807, 2.05) is 54.6 Å². The lowest BCUT2D eigenvalue weighted by atomic mass is 9.49. The number of rotatable bonds is 8. The van der Waals surface area contributed by atoms with E-state index < -0.39 is 0 Å². The molecule has 2 amide bonds. The van der Waals surface area contributed by atoms with Gasteiger partial charge in [-0.25, -0.2) is 0 Å². The van der Waals surface area contributed by atoms with Crippen molar-refractivity contribution in [3.63, 3.8) is 0 Å². The van der Waals surface area contributed by atoms with Gasteiger partial charge in [0.15, 0.2) is 4.32 Å². The molecule has 192 valence electrons. The number of hydrazine groups is 1. The van der Waals surface area contributed by atoms with Crippen LogP contribution < -0.4 is 14.9 Å². The van der Waals surface area contributed by atoms with Gasteiger partial charge < -0.3 is 9.47 Å². The Morgan fingerprint density at radius 2 is 1.59 bits per heavy atom. The summed E-state index contributed by atoms with van der Waals surface area (Å²) in [5.74, 6) is 3.15. The number of hydrogen-bond acceptors (Lipinski definition) is 6. The summed E-state index contributed by atoms with van der Waals surface area (Å²) in [6.45, 7) is 0.827. The van der Waals surface area contributed by atoms with Crippen LogP contribution >= 0.6 is 24.0 Å². The van der Waals surface area contributed by atoms with Crippen molar-refractivity contribution in [2.75, 3.05) is 13.2 Å². The summed E-state index contributed by atoms with van der Waals surface area (Å²) in [7, 11) is 0. The summed E-state index contributed by atoms with van der Waals surface area (Å²) < 4.78 is 11.9. The molecule has 5 aliphatic rings. The highest BCUT2D eigenvalue weighted by Crippen LogP contribution is 2.60. The summed E-state index contributed by atoms with van der Waals surface area (Å²) in [5.41, 5.74) is 3.41. The lowest BCUT2D eigenvalue weighted by molar-refractivity contribution is -0.152. The Labute approximate surface area is 226 Å². The van der Waals surface area contributed by atoms with Gasteiger partial charge in [-0.15, -0.1) is 0 Å². The van der Waals surface area contributed by atoms with Gasteiger partial charge in [0, 0.05) is 0 Å². The zero-order chi connectivity index (χ0) is 25.4. The van der Waals surface area contributed by atoms with Crippen LogP contribution in [0.25, 0.3) is 6.08 Å². The molecule has 0 aromatic heterocycles. The van der Waals surface area contributed by atoms with Crippen molar-refractivity contribution in [1.29, 1.82) is 0 Å². The largest absolute Gasteiger partial charge is 0.490 e. The monoisotopic (exact) mass is 534 g/mol. The van der Waals surface area contributed by atoms with E-state index >= 15 is 0 Å². The summed E-state index contributed by atoms with van der Waals surface area (Å²) >= 11 is 6.70. The molecular formula is C29H30N2O4S2. The molecule has 7 rings (SSSR count). The molecule has 0 atom stereocenters. The zero-order valence-corrected chi connectivity index (χ0v) is 22.2. The van der Waals surface area contributed by atoms with Crippen LogP contribution in [0.1, 0.15) is 44.1 Å². The first-order chi connectivity index (χ1) is 18.0. The number of para-hydroxylation sites is 1. The summed E-state index contributed by atoms with van der Waals surface area (Å²) in [6, 6.07) is 17.2. The number of thioether (sulfide) groups is 1. The molecule has 5 fully saturated rings. The smallest absolute Gasteiger partial charge is 0.285 e. The first kappa shape index (κ1) is 24.5. The Morgan fingerprint density at radius 1 is 0.973 bits per heavy atom. The van der Waals surface area contributed by atoms with Crippen molar-refractivity contribution >= 4 is 46.2 Å². The van der Waals surface area contributed by atoms with E-state index in [2.05, 4.69) is 5.43 Å². The molecule has 0 radical (unpaired) electrons. The maximum absolute atomic E-state index is 13.4. The van der Waals surface area contributed by atoms with E-state index in [9.17, 15) is 9.59 Å². The summed E-state index contributed by atoms with van der Waals surface area (Å²) in [4.78, 5) is 27.1. The van der Waals surface area contributed by atoms with Crippen molar-refractivity contribution in [1.82, 2.24) is 10.4 Å². The standard InChI is InChI=1S/C29H30N2O4S2/c32-26-25(15-19-5-4-8-24(14-19)35-10-9-34-23-6-2-1-3-7-23)37-28(36)31(26)30-27(33)29-16-20-11-21(17-29)13-22(12-20)18-29/h1-8,14-15,20-22H,9-13,16-18H2,(H,30,33)/b25-15+. The number of nitrogens with one attached hydrogen (secondary N) is 1. The van der Waals surface area contributed by atoms with Crippen molar-refractivity contribution in [2.24, 2.45) is 23.2 Å². The molecule has 4 aliphatic carbocycles. The van der Waals surface area contributed by atoms with Crippen molar-refractivity contribution < 1.29 is 19.1 Å². The van der Waals surface area contributed by atoms with Crippen LogP contribution in [0.2, 0.25) is 0 Å². The Kier molecular flexibility index (Phi) is 6.71. The number of carbonyl (C=O) groups is 2. The highest BCUT2D eigenvalue weighted by atomic mass is 32.2. The minimum absolute atomic E-state index is 0.0303. The third-order valence-corrected chi connectivity index (χ3v) is 9.35. The molecule has 1 aliphatic heterocycles. The first-order valence-electron chi connectivity index (χ1n) is 13.0. The number of amides is 2. The average molecular weight is 535 g/mol. The van der Waals surface area contributed by atoms with Gasteiger partial charge in [-0.05, 0) is 104 Å². The van der Waals surface area contributed by atoms with Crippen LogP contribution in [0, 0.1) is 23.2 Å². The van der Waals surface area contributed by atoms with Crippen molar-refractivity contribution in [3.8, 4) is 11.5 Å². The summed E-state index contributed by atoms with van der Waals surface area (Å²) in [6.07, 6.45) is 8.41. The van der Waals surface area contributed by atoms with E-state index in [0.29, 0.717) is 45.9 Å². The Hall–Kier alpha value is -2.84. The van der Waals surface area contributed by atoms with E-state index in [1.54, 1.807) is 6.08 Å². The zero-order valence-electron chi connectivity index (χ0n) is 20.6. The molecule has 1 heterocycles. The fourth-order valence-corrected chi connectivity index (χ4v) is 8.03. The van der Waals surface area contributed by atoms with E-state index in [4.69, 9.17) is 21.7 Å². The molecule has 6 nitrogen and oxygen atoms in total. The predicted molar refractivity (Wildman–Crippen MR) is 148 cm³/mol. The van der Waals surface area contributed by atoms with Gasteiger partial charge >= 0.3 is 0 Å². The lowest BCUT2D eigenvalue weighted by Crippen LogP contribution is -2.57. The molecule has 0 spiro atoms. The first-order valence-corrected chi connectivity index (χ1v) is 14.2. The van der Waals surface area contributed by atoms with E-state index in [-0.39, 0.29) is 17.2 Å². The quantitative estimate of drug-likeness (QED) is 0.270. The van der Waals surface area contributed by atoms with Crippen LogP contribution in [0.4, 0.5) is 0 Å². The van der Waals surface area contributed by atoms with Crippen molar-refractivity contribution in [2.45, 2.75) is 38.5 Å². The third kappa shape index (κ3) is 5.14. The summed E-state index contributed by atoms with van der Waals surface area (Å²) in [5, 5.41) is 1.27. The maximum Gasteiger partial charge on any atom is 0.285 e. The SMILES string of the molecule is O=C1/C(=C\c2cccc(OCCOc3ccccc3)c2)SC(=S)N1NC(=O)C12CC3CC(CC(C3)C1)C2. The van der Waals surface area contributed by atoms with Crippen LogP contribution in [0.3, 0.4) is 0 Å². The number of nitrogens with zero attached hydrogens (tertiary/aromatic N) is 1. The fraction of sp³-hybridized carbons (Fsp3) is 0.414. The van der Waals surface area contributed by atoms with Gasteiger partial charge in [-0.3, -0.25) is 15.0 Å². The molecule has 2 aromatic rings. The van der Waals surface area contributed by atoms with Gasteiger partial charge in [-0.2, -0.15) is 5.01 Å². The maximum atomic E-state index is 13.4. The average Bonchev–Trinajstić information content (AvgIpc) is 3.14. The van der Waals surface area contributed by atoms with Gasteiger partial charge in [0.2, 0.25) is 5.91 Å². The number of thiocarbonyl (C=S) groups is 1. The van der Waals surface area contributed by atoms with Gasteiger partial charge in [0.1, 0.15) is 24.7 Å². The molecule has 1 N–H and O–H groups in total. The molecule has 0 unspecified atom stereocenters. The van der Waals surface area contributed by atoms with Crippen LogP contribution in [0.15, 0.2) is 59.5 Å². The van der Waals surface area contributed by atoms with Crippen molar-refractivity contribution in [3.05, 3.63) is 65.1 Å². The molecule has 4 bridgehead atoms. The minimum Gasteiger partial charge on any atom is -0.490 e. The predicted octanol–water partition coefficient (Wildman–Crippen LogP) is 5.59. The highest BCUT2D eigenvalue weighted by Gasteiger charge is 2.55. The number of carbonyl (C=O) groups excluding carboxylic acids is 2. The fourth-order valence-electron chi connectivity index (χ4n) is 6.85. The normalized spacial score (nSPS) is 29.1. The van der Waals surface area contributed by atoms with Gasteiger partial charge in [0.05, 0.1) is 10.3 Å². The van der Waals surface area contributed by atoms with E-state index in [1.165, 1.54) is 36.0 Å². The number of ether oxygens (including phenoxy) is 2. The van der Waals surface area contributed by atoms with Gasteiger partial charge in [0.25, 0.3) is 5.91 Å². The van der Waals surface area contributed by atoms with Gasteiger partial charge in [-0.1, -0.05) is 42.1 Å². The second kappa shape index (κ2) is 10.1. The van der Waals surface area contributed by atoms with Crippen LogP contribution in [-0.4, -0.2) is 34.4 Å². The highest BCUT2D eigenvalue weighted by molar-refractivity contribution is 8.26. The number of hydrogen-bond donors (Lipinski definition) is 1. The lowest BCUT2D eigenvalue weighted by Gasteiger charge is -2.55. The molecular weight excluding hydrogens is 504 g/mol. The Bertz CT molecular complexity index is 1210. The second-order valence-corrected chi connectivity index (χ2v) is 12.4.